The van der Waals surface area contributed by atoms with Gasteiger partial charge in [-0.2, -0.15) is 0 Å². The van der Waals surface area contributed by atoms with Gasteiger partial charge in [-0.25, -0.2) is 4.79 Å². The van der Waals surface area contributed by atoms with Crippen molar-refractivity contribution in [3.8, 4) is 11.5 Å². The Morgan fingerprint density at radius 3 is 1.41 bits per heavy atom. The van der Waals surface area contributed by atoms with Gasteiger partial charge in [0.2, 0.25) is 0 Å². The third kappa shape index (κ3) is 22.2. The van der Waals surface area contributed by atoms with Gasteiger partial charge in [-0.05, 0) is 18.2 Å². The van der Waals surface area contributed by atoms with Crippen LogP contribution in [-0.2, 0) is 74.0 Å². The van der Waals surface area contributed by atoms with Crippen LogP contribution in [0.25, 0.3) is 0 Å². The zero-order valence-corrected chi connectivity index (χ0v) is 20.3. The molecule has 34 heavy (non-hydrogen) atoms. The van der Waals surface area contributed by atoms with Crippen molar-refractivity contribution >= 4 is 5.97 Å². The Morgan fingerprint density at radius 2 is 1.00 bits per heavy atom. The Balaban J connectivity index is -0.0000000911. The fourth-order valence-electron chi connectivity index (χ4n) is 1.86. The van der Waals surface area contributed by atoms with Crippen molar-refractivity contribution in [2.75, 3.05) is 14.2 Å². The molecule has 0 saturated heterocycles. The van der Waals surface area contributed by atoms with Crippen LogP contribution in [0.15, 0.2) is 48.5 Å². The zero-order valence-electron chi connectivity index (χ0n) is 17.7. The van der Waals surface area contributed by atoms with Crippen LogP contribution in [0.2, 0.25) is 0 Å². The molecule has 0 amide bonds. The summed E-state index contributed by atoms with van der Waals surface area (Å²) in [4.78, 5) is 12.1. The number of methoxy groups -OCH3 is 2. The molecule has 0 aliphatic heterocycles. The van der Waals surface area contributed by atoms with Gasteiger partial charge in [-0.3, -0.25) is 0 Å². The molecule has 2 rings (SSSR count). The van der Waals surface area contributed by atoms with E-state index in [1.54, 1.807) is 31.4 Å². The van der Waals surface area contributed by atoms with E-state index in [9.17, 15) is 4.79 Å². The SMILES string of the molecule is COc1ccccc1COC(=O)c1ccccc1OC.[C-]#[O+].[C-]#[O+].[C-]#[O+].[C-]#[O+].[C-]#[O+].[C-]#[O+].[Cr].[Cr]. The molecular formula is C22H16Cr2O10. The summed E-state index contributed by atoms with van der Waals surface area (Å²) < 4.78 is 60.7. The van der Waals surface area contributed by atoms with Crippen LogP contribution >= 0.6 is 0 Å². The maximum Gasteiger partial charge on any atom is 0 e. The molecule has 0 saturated carbocycles. The average Bonchev–Trinajstić information content (AvgIpc) is 2.94. The third-order valence-corrected chi connectivity index (χ3v) is 2.88. The van der Waals surface area contributed by atoms with Gasteiger partial charge in [0.15, 0.2) is 0 Å². The van der Waals surface area contributed by atoms with Crippen LogP contribution in [0.3, 0.4) is 0 Å². The Kier molecular flexibility index (Phi) is 62.4. The van der Waals surface area contributed by atoms with Crippen molar-refractivity contribution in [3.05, 3.63) is 99.6 Å². The fourth-order valence-corrected chi connectivity index (χ4v) is 1.86. The molecule has 0 spiro atoms. The molecule has 0 aliphatic carbocycles. The number of para-hydroxylation sites is 2. The summed E-state index contributed by atoms with van der Waals surface area (Å²) in [6.07, 6.45) is 0. The van der Waals surface area contributed by atoms with Crippen LogP contribution in [0.1, 0.15) is 15.9 Å². The van der Waals surface area contributed by atoms with Crippen LogP contribution in [0.5, 0.6) is 11.5 Å². The number of rotatable bonds is 5. The molecule has 0 heterocycles. The summed E-state index contributed by atoms with van der Waals surface area (Å²) in [5.74, 6) is 0.770. The van der Waals surface area contributed by atoms with Gasteiger partial charge in [-0.15, -0.1) is 0 Å². The normalized spacial score (nSPS) is 6.18. The van der Waals surface area contributed by atoms with Crippen LogP contribution in [0.4, 0.5) is 0 Å². The predicted molar refractivity (Wildman–Crippen MR) is 98.7 cm³/mol. The number of ether oxygens (including phenoxy) is 3. The number of carbonyl (C=O) groups excluding carboxylic acids is 1. The molecule has 0 atom stereocenters. The Hall–Kier alpha value is -2.99. The summed E-state index contributed by atoms with van der Waals surface area (Å²) in [5, 5.41) is 0. The number of hydrogen-bond acceptors (Lipinski definition) is 4. The predicted octanol–water partition coefficient (Wildman–Crippen LogP) is 2.83. The molecule has 0 N–H and O–H groups in total. The number of benzene rings is 2. The smallest absolute Gasteiger partial charge is 0 e. The summed E-state index contributed by atoms with van der Waals surface area (Å²) in [5.41, 5.74) is 1.23. The Bertz CT molecular complexity index is 809. The van der Waals surface area contributed by atoms with Crippen molar-refractivity contribution < 1.29 is 81.6 Å². The van der Waals surface area contributed by atoms with E-state index in [1.807, 2.05) is 24.3 Å². The second kappa shape index (κ2) is 43.8. The topological polar surface area (TPSA) is 164 Å². The van der Waals surface area contributed by atoms with E-state index in [4.69, 9.17) is 42.1 Å². The Labute approximate surface area is 219 Å². The summed E-state index contributed by atoms with van der Waals surface area (Å²) in [7, 11) is 3.10. The molecule has 0 bridgehead atoms. The molecule has 10 nitrogen and oxygen atoms in total. The minimum absolute atomic E-state index is 0. The van der Waals surface area contributed by atoms with Gasteiger partial charge < -0.3 is 14.2 Å². The van der Waals surface area contributed by atoms with Gasteiger partial charge in [0.05, 0.1) is 14.2 Å². The van der Waals surface area contributed by atoms with Crippen LogP contribution in [0, 0.1) is 39.9 Å². The quantitative estimate of drug-likeness (QED) is 0.321. The standard InChI is InChI=1S/C16H16O4.6CO.2Cr/c1-18-14-9-5-3-7-12(14)11-20-16(17)13-8-4-6-10-15(13)19-2;6*1-2;;/h3-10H,11H2,1-2H3;;;;;;;;. The van der Waals surface area contributed by atoms with E-state index < -0.39 is 5.97 Å². The van der Waals surface area contributed by atoms with Gasteiger partial charge in [0, 0.05) is 40.3 Å². The first kappa shape index (κ1) is 48.4. The van der Waals surface area contributed by atoms with Crippen molar-refractivity contribution in [3.63, 3.8) is 0 Å². The van der Waals surface area contributed by atoms with E-state index in [2.05, 4.69) is 39.9 Å². The average molecular weight is 544 g/mol. The molecule has 0 aromatic heterocycles. The van der Waals surface area contributed by atoms with Crippen molar-refractivity contribution in [2.24, 2.45) is 0 Å². The van der Waals surface area contributed by atoms with E-state index in [-0.39, 0.29) is 41.3 Å². The van der Waals surface area contributed by atoms with Crippen molar-refractivity contribution in [1.29, 1.82) is 0 Å². The van der Waals surface area contributed by atoms with Crippen LogP contribution in [-0.4, -0.2) is 20.2 Å². The molecule has 2 aromatic rings. The molecule has 2 aromatic carbocycles. The molecular weight excluding hydrogens is 528 g/mol. The number of esters is 1. The van der Waals surface area contributed by atoms with E-state index in [1.165, 1.54) is 7.11 Å². The fraction of sp³-hybridized carbons (Fsp3) is 0.136. The molecule has 0 fully saturated rings. The van der Waals surface area contributed by atoms with Crippen molar-refractivity contribution in [1.82, 2.24) is 0 Å². The third-order valence-electron chi connectivity index (χ3n) is 2.88. The first-order valence-electron chi connectivity index (χ1n) is 7.40. The zero-order chi connectivity index (χ0) is 26.4. The number of hydrogen-bond donors (Lipinski definition) is 0. The second-order valence-electron chi connectivity index (χ2n) is 4.09. The number of carbonyl (C=O) groups is 1. The monoisotopic (exact) mass is 544 g/mol. The van der Waals surface area contributed by atoms with Gasteiger partial charge in [-0.1, -0.05) is 30.3 Å². The van der Waals surface area contributed by atoms with Crippen LogP contribution < -0.4 is 9.47 Å². The van der Waals surface area contributed by atoms with E-state index in [0.29, 0.717) is 17.1 Å². The molecule has 0 aliphatic rings. The minimum Gasteiger partial charge on any atom is 0 e. The maximum atomic E-state index is 12.1. The second-order valence-corrected chi connectivity index (χ2v) is 4.09. The first-order chi connectivity index (χ1) is 15.8. The summed E-state index contributed by atoms with van der Waals surface area (Å²) >= 11 is 0. The first-order valence-corrected chi connectivity index (χ1v) is 7.40. The summed E-state index contributed by atoms with van der Waals surface area (Å²) in [6, 6.07) is 14.4. The Morgan fingerprint density at radius 1 is 0.647 bits per heavy atom. The van der Waals surface area contributed by atoms with Gasteiger partial charge in [0.25, 0.3) is 0 Å². The van der Waals surface area contributed by atoms with E-state index >= 15 is 0 Å². The van der Waals surface area contributed by atoms with Gasteiger partial charge in [0.1, 0.15) is 23.7 Å². The molecule has 0 unspecified atom stereocenters. The molecule has 0 radical (unpaired) electrons. The minimum atomic E-state index is -0.423. The molecule has 176 valence electrons. The maximum absolute atomic E-state index is 12.1. The van der Waals surface area contributed by atoms with Crippen molar-refractivity contribution in [2.45, 2.75) is 6.61 Å². The largest absolute Gasteiger partial charge is 0 e. The van der Waals surface area contributed by atoms with Gasteiger partial charge >= 0.3 is 73.8 Å². The summed E-state index contributed by atoms with van der Waals surface area (Å²) in [6.45, 7) is 27.2. The van der Waals surface area contributed by atoms with E-state index in [0.717, 1.165) is 5.56 Å². The molecule has 12 heteroatoms.